The van der Waals surface area contributed by atoms with E-state index in [1.807, 2.05) is 6.07 Å². The number of guanidine groups is 1. The van der Waals surface area contributed by atoms with Crippen LogP contribution in [-0.4, -0.2) is 31.6 Å². The van der Waals surface area contributed by atoms with Gasteiger partial charge in [-0.05, 0) is 32.8 Å². The van der Waals surface area contributed by atoms with E-state index < -0.39 is 0 Å². The van der Waals surface area contributed by atoms with Gasteiger partial charge in [-0.25, -0.2) is 0 Å². The summed E-state index contributed by atoms with van der Waals surface area (Å²) in [5.41, 5.74) is 1.28. The van der Waals surface area contributed by atoms with Gasteiger partial charge in [-0.1, -0.05) is 37.3 Å². The molecule has 0 bridgehead atoms. The summed E-state index contributed by atoms with van der Waals surface area (Å²) in [5, 5.41) is 10.3. The number of rotatable bonds is 7. The average Bonchev–Trinajstić information content (AvgIpc) is 2.48. The Morgan fingerprint density at radius 2 is 1.82 bits per heavy atom. The summed E-state index contributed by atoms with van der Waals surface area (Å²) in [5.74, 6) is 0.860. The van der Waals surface area contributed by atoms with Gasteiger partial charge in [-0.3, -0.25) is 4.99 Å². The lowest BCUT2D eigenvalue weighted by atomic mass is 10.0. The maximum Gasteiger partial charge on any atom is 0.191 e. The second-order valence-corrected chi connectivity index (χ2v) is 6.01. The van der Waals surface area contributed by atoms with Crippen LogP contribution in [0.3, 0.4) is 0 Å². The van der Waals surface area contributed by atoms with E-state index in [0.717, 1.165) is 25.5 Å². The van der Waals surface area contributed by atoms with E-state index in [1.54, 1.807) is 7.05 Å². The molecular formula is C17H31IN4. The van der Waals surface area contributed by atoms with Gasteiger partial charge < -0.3 is 16.0 Å². The van der Waals surface area contributed by atoms with Crippen molar-refractivity contribution < 1.29 is 0 Å². The monoisotopic (exact) mass is 418 g/mol. The number of halogens is 1. The van der Waals surface area contributed by atoms with Crippen LogP contribution in [0.25, 0.3) is 0 Å². The summed E-state index contributed by atoms with van der Waals surface area (Å²) in [6, 6.07) is 10.8. The first-order chi connectivity index (χ1) is 9.98. The number of nitrogens with zero attached hydrogens (tertiary/aromatic N) is 1. The standard InChI is InChI=1S/C17H30N4.HI/c1-6-12-19-16(18-5)20-13-17(3,4)21-14(2)15-10-8-7-9-11-15;/h7-11,14,21H,6,12-13H2,1-5H3,(H2,18,19,20);1H. The maximum absolute atomic E-state index is 4.23. The van der Waals surface area contributed by atoms with Crippen LogP contribution >= 0.6 is 24.0 Å². The molecule has 0 saturated heterocycles. The molecule has 0 aliphatic rings. The third kappa shape index (κ3) is 7.98. The molecular weight excluding hydrogens is 387 g/mol. The Morgan fingerprint density at radius 3 is 2.36 bits per heavy atom. The molecule has 0 amide bonds. The Bertz CT molecular complexity index is 432. The van der Waals surface area contributed by atoms with Gasteiger partial charge in [0.2, 0.25) is 0 Å². The number of hydrogen-bond acceptors (Lipinski definition) is 2. The summed E-state index contributed by atoms with van der Waals surface area (Å²) in [4.78, 5) is 4.23. The maximum atomic E-state index is 4.23. The van der Waals surface area contributed by atoms with Gasteiger partial charge in [0.15, 0.2) is 5.96 Å². The average molecular weight is 418 g/mol. The van der Waals surface area contributed by atoms with Crippen molar-refractivity contribution in [3.63, 3.8) is 0 Å². The summed E-state index contributed by atoms with van der Waals surface area (Å²) in [7, 11) is 1.80. The molecule has 3 N–H and O–H groups in total. The van der Waals surface area contributed by atoms with Crippen molar-refractivity contribution in [3.8, 4) is 0 Å². The predicted octanol–water partition coefficient (Wildman–Crippen LogP) is 3.31. The fourth-order valence-electron chi connectivity index (χ4n) is 2.23. The molecule has 1 aromatic rings. The molecule has 0 spiro atoms. The summed E-state index contributed by atoms with van der Waals surface area (Å²) in [6.45, 7) is 10.5. The van der Waals surface area contributed by atoms with Crippen LogP contribution in [-0.2, 0) is 0 Å². The Kier molecular flexibility index (Phi) is 10.4. The van der Waals surface area contributed by atoms with Crippen molar-refractivity contribution >= 4 is 29.9 Å². The van der Waals surface area contributed by atoms with E-state index in [2.05, 4.69) is 72.9 Å². The largest absolute Gasteiger partial charge is 0.356 e. The highest BCUT2D eigenvalue weighted by molar-refractivity contribution is 14.0. The summed E-state index contributed by atoms with van der Waals surface area (Å²) >= 11 is 0. The van der Waals surface area contributed by atoms with E-state index >= 15 is 0 Å². The van der Waals surface area contributed by atoms with Crippen molar-refractivity contribution in [2.75, 3.05) is 20.1 Å². The van der Waals surface area contributed by atoms with Crippen molar-refractivity contribution in [1.82, 2.24) is 16.0 Å². The fraction of sp³-hybridized carbons (Fsp3) is 0.588. The van der Waals surface area contributed by atoms with Gasteiger partial charge in [0.25, 0.3) is 0 Å². The third-order valence-corrected chi connectivity index (χ3v) is 3.37. The Hall–Kier alpha value is -0.820. The zero-order valence-electron chi connectivity index (χ0n) is 14.4. The molecule has 0 fully saturated rings. The minimum Gasteiger partial charge on any atom is -0.356 e. The molecule has 0 saturated carbocycles. The molecule has 0 radical (unpaired) electrons. The Labute approximate surface area is 152 Å². The minimum absolute atomic E-state index is 0. The molecule has 0 heterocycles. The predicted molar refractivity (Wildman–Crippen MR) is 107 cm³/mol. The van der Waals surface area contributed by atoms with Crippen LogP contribution in [0.4, 0.5) is 0 Å². The Balaban J connectivity index is 0.00000441. The van der Waals surface area contributed by atoms with E-state index in [9.17, 15) is 0 Å². The minimum atomic E-state index is -0.0287. The number of nitrogens with one attached hydrogen (secondary N) is 3. The molecule has 1 atom stereocenters. The molecule has 1 unspecified atom stereocenters. The SMILES string of the molecule is CCCNC(=NC)NCC(C)(C)NC(C)c1ccccc1.I. The second kappa shape index (κ2) is 10.8. The van der Waals surface area contributed by atoms with Crippen molar-refractivity contribution in [2.45, 2.75) is 45.7 Å². The molecule has 1 aromatic carbocycles. The normalized spacial score (nSPS) is 13.2. The van der Waals surface area contributed by atoms with E-state index in [1.165, 1.54) is 5.56 Å². The first kappa shape index (κ1) is 21.2. The third-order valence-electron chi connectivity index (χ3n) is 3.37. The summed E-state index contributed by atoms with van der Waals surface area (Å²) < 4.78 is 0. The Morgan fingerprint density at radius 1 is 1.18 bits per heavy atom. The van der Waals surface area contributed by atoms with Gasteiger partial charge in [-0.2, -0.15) is 0 Å². The zero-order chi connectivity index (χ0) is 15.7. The molecule has 0 aromatic heterocycles. The molecule has 22 heavy (non-hydrogen) atoms. The quantitative estimate of drug-likeness (QED) is 0.362. The number of benzene rings is 1. The van der Waals surface area contributed by atoms with E-state index in [0.29, 0.717) is 6.04 Å². The highest BCUT2D eigenvalue weighted by Crippen LogP contribution is 2.15. The first-order valence-electron chi connectivity index (χ1n) is 7.75. The van der Waals surface area contributed by atoms with E-state index in [-0.39, 0.29) is 29.5 Å². The first-order valence-corrected chi connectivity index (χ1v) is 7.75. The van der Waals surface area contributed by atoms with Gasteiger partial charge in [0.1, 0.15) is 0 Å². The molecule has 126 valence electrons. The molecule has 5 heteroatoms. The van der Waals surface area contributed by atoms with Gasteiger partial charge in [-0.15, -0.1) is 24.0 Å². The molecule has 1 rings (SSSR count). The second-order valence-electron chi connectivity index (χ2n) is 6.01. The topological polar surface area (TPSA) is 48.5 Å². The smallest absolute Gasteiger partial charge is 0.191 e. The summed E-state index contributed by atoms with van der Waals surface area (Å²) in [6.07, 6.45) is 1.09. The molecule has 0 aliphatic carbocycles. The zero-order valence-corrected chi connectivity index (χ0v) is 16.8. The van der Waals surface area contributed by atoms with Gasteiger partial charge >= 0.3 is 0 Å². The van der Waals surface area contributed by atoms with Crippen LogP contribution in [0, 0.1) is 0 Å². The number of hydrogen-bond donors (Lipinski definition) is 3. The van der Waals surface area contributed by atoms with Crippen LogP contribution in [0.2, 0.25) is 0 Å². The van der Waals surface area contributed by atoms with Crippen molar-refractivity contribution in [1.29, 1.82) is 0 Å². The van der Waals surface area contributed by atoms with Gasteiger partial charge in [0.05, 0.1) is 0 Å². The van der Waals surface area contributed by atoms with E-state index in [4.69, 9.17) is 0 Å². The lowest BCUT2D eigenvalue weighted by molar-refractivity contribution is 0.345. The molecule has 4 nitrogen and oxygen atoms in total. The number of aliphatic imine (C=N–C) groups is 1. The molecule has 0 aliphatic heterocycles. The lowest BCUT2D eigenvalue weighted by Gasteiger charge is -2.31. The lowest BCUT2D eigenvalue weighted by Crippen LogP contribution is -2.52. The van der Waals surface area contributed by atoms with Crippen LogP contribution in [0.1, 0.15) is 45.7 Å². The van der Waals surface area contributed by atoms with Crippen LogP contribution in [0.5, 0.6) is 0 Å². The highest BCUT2D eigenvalue weighted by Gasteiger charge is 2.21. The van der Waals surface area contributed by atoms with Crippen molar-refractivity contribution in [2.24, 2.45) is 4.99 Å². The van der Waals surface area contributed by atoms with Crippen LogP contribution < -0.4 is 16.0 Å². The highest BCUT2D eigenvalue weighted by atomic mass is 127. The van der Waals surface area contributed by atoms with Crippen molar-refractivity contribution in [3.05, 3.63) is 35.9 Å². The van der Waals surface area contributed by atoms with Gasteiger partial charge in [0, 0.05) is 31.7 Å². The fourth-order valence-corrected chi connectivity index (χ4v) is 2.23. The van der Waals surface area contributed by atoms with Crippen LogP contribution in [0.15, 0.2) is 35.3 Å².